The summed E-state index contributed by atoms with van der Waals surface area (Å²) in [6.45, 7) is 0.232. The van der Waals surface area contributed by atoms with Crippen LogP contribution in [0, 0.1) is 11.2 Å². The molecule has 2 rings (SSSR count). The molecule has 0 unspecified atom stereocenters. The maximum absolute atomic E-state index is 13.0. The number of nitrogen functional groups attached to an aromatic ring is 1. The second-order valence-corrected chi connectivity index (χ2v) is 4.91. The second-order valence-electron chi connectivity index (χ2n) is 4.09. The Morgan fingerprint density at radius 3 is 2.50 bits per heavy atom. The van der Waals surface area contributed by atoms with Gasteiger partial charge >= 0.3 is 0 Å². The summed E-state index contributed by atoms with van der Waals surface area (Å²) < 4.78 is 18.5. The lowest BCUT2D eigenvalue weighted by atomic mass is 10.2. The smallest absolute Gasteiger partial charge is 0.141 e. The largest absolute Gasteiger partial charge is 0.489 e. The lowest BCUT2D eigenvalue weighted by molar-refractivity contribution is 0.306. The summed E-state index contributed by atoms with van der Waals surface area (Å²) in [5.74, 6) is -0.0448. The van der Waals surface area contributed by atoms with E-state index in [0.29, 0.717) is 16.3 Å². The number of nitrogens with two attached hydrogens (primary N) is 1. The lowest BCUT2D eigenvalue weighted by Crippen LogP contribution is -2.11. The Hall–Kier alpha value is -1.78. The third-order valence-electron chi connectivity index (χ3n) is 2.62. The number of ether oxygens (including phenoxy) is 1. The fourth-order valence-corrected chi connectivity index (χ4v) is 2.08. The third kappa shape index (κ3) is 3.40. The molecular weight excluding hydrogens is 302 g/mol. The number of hydrogen-bond donors (Lipinski definition) is 2. The molecule has 2 aromatic carbocycles. The number of rotatable bonds is 4. The van der Waals surface area contributed by atoms with Gasteiger partial charge in [-0.15, -0.1) is 0 Å². The summed E-state index contributed by atoms with van der Waals surface area (Å²) in [6, 6.07) is 9.22. The maximum atomic E-state index is 13.0. The highest BCUT2D eigenvalue weighted by Crippen LogP contribution is 2.23. The SMILES string of the molecule is N=C(N)c1ccc(OCc2ccc(F)c(Cl)c2)cc1Cl. The minimum Gasteiger partial charge on any atom is -0.489 e. The van der Waals surface area contributed by atoms with Crippen molar-refractivity contribution in [1.82, 2.24) is 0 Å². The van der Waals surface area contributed by atoms with Crippen molar-refractivity contribution in [2.75, 3.05) is 0 Å². The third-order valence-corrected chi connectivity index (χ3v) is 3.22. The molecule has 0 saturated heterocycles. The second kappa shape index (κ2) is 6.11. The molecule has 0 aromatic heterocycles. The maximum Gasteiger partial charge on any atom is 0.141 e. The van der Waals surface area contributed by atoms with E-state index < -0.39 is 5.82 Å². The zero-order valence-corrected chi connectivity index (χ0v) is 11.8. The molecule has 0 fully saturated rings. The molecule has 0 aliphatic heterocycles. The Kier molecular flexibility index (Phi) is 4.47. The first-order valence-electron chi connectivity index (χ1n) is 5.68. The van der Waals surface area contributed by atoms with E-state index in [1.807, 2.05) is 0 Å². The van der Waals surface area contributed by atoms with E-state index in [0.717, 1.165) is 5.56 Å². The van der Waals surface area contributed by atoms with E-state index >= 15 is 0 Å². The van der Waals surface area contributed by atoms with Crippen LogP contribution in [0.25, 0.3) is 0 Å². The molecule has 6 heteroatoms. The first kappa shape index (κ1) is 14.6. The van der Waals surface area contributed by atoms with Crippen LogP contribution in [0.2, 0.25) is 10.0 Å². The molecule has 0 atom stereocenters. The van der Waals surface area contributed by atoms with Crippen molar-refractivity contribution in [1.29, 1.82) is 5.41 Å². The van der Waals surface area contributed by atoms with Gasteiger partial charge in [-0.05, 0) is 35.9 Å². The molecule has 2 aromatic rings. The van der Waals surface area contributed by atoms with Gasteiger partial charge in [-0.3, -0.25) is 5.41 Å². The number of nitrogens with one attached hydrogen (secondary N) is 1. The summed E-state index contributed by atoms with van der Waals surface area (Å²) in [5.41, 5.74) is 6.56. The highest BCUT2D eigenvalue weighted by molar-refractivity contribution is 6.34. The van der Waals surface area contributed by atoms with Gasteiger partial charge in [-0.1, -0.05) is 29.3 Å². The van der Waals surface area contributed by atoms with E-state index in [1.54, 1.807) is 24.3 Å². The Morgan fingerprint density at radius 2 is 1.90 bits per heavy atom. The highest BCUT2D eigenvalue weighted by Gasteiger charge is 2.06. The zero-order chi connectivity index (χ0) is 14.7. The van der Waals surface area contributed by atoms with E-state index in [4.69, 9.17) is 39.1 Å². The van der Waals surface area contributed by atoms with Crippen LogP contribution < -0.4 is 10.5 Å². The first-order chi connectivity index (χ1) is 9.47. The van der Waals surface area contributed by atoms with Gasteiger partial charge in [0.05, 0.1) is 10.0 Å². The quantitative estimate of drug-likeness (QED) is 0.662. The van der Waals surface area contributed by atoms with Crippen LogP contribution >= 0.6 is 23.2 Å². The zero-order valence-electron chi connectivity index (χ0n) is 10.3. The van der Waals surface area contributed by atoms with Gasteiger partial charge in [0, 0.05) is 5.56 Å². The van der Waals surface area contributed by atoms with Gasteiger partial charge in [-0.2, -0.15) is 0 Å². The van der Waals surface area contributed by atoms with Crippen LogP contribution in [0.5, 0.6) is 5.75 Å². The van der Waals surface area contributed by atoms with Gasteiger partial charge in [0.2, 0.25) is 0 Å². The molecule has 0 radical (unpaired) electrons. The Morgan fingerprint density at radius 1 is 1.15 bits per heavy atom. The molecule has 0 amide bonds. The summed E-state index contributed by atoms with van der Waals surface area (Å²) in [4.78, 5) is 0. The normalized spacial score (nSPS) is 10.3. The van der Waals surface area contributed by atoms with Crippen LogP contribution in [0.15, 0.2) is 36.4 Å². The fourth-order valence-electron chi connectivity index (χ4n) is 1.60. The standard InChI is InChI=1S/C14H11Cl2FN2O/c15-11-6-9(2-3-10(11)14(18)19)20-7-8-1-4-13(17)12(16)5-8/h1-6H,7H2,(H3,18,19). The Bertz CT molecular complexity index is 662. The molecule has 104 valence electrons. The van der Waals surface area contributed by atoms with Crippen molar-refractivity contribution < 1.29 is 9.13 Å². The highest BCUT2D eigenvalue weighted by atomic mass is 35.5. The topological polar surface area (TPSA) is 59.1 Å². The molecule has 3 N–H and O–H groups in total. The fraction of sp³-hybridized carbons (Fsp3) is 0.0714. The number of hydrogen-bond acceptors (Lipinski definition) is 2. The summed E-state index contributed by atoms with van der Waals surface area (Å²) in [6.07, 6.45) is 0. The van der Waals surface area contributed by atoms with Crippen molar-refractivity contribution in [3.05, 3.63) is 63.4 Å². The molecule has 0 saturated carbocycles. The van der Waals surface area contributed by atoms with Crippen molar-refractivity contribution in [2.24, 2.45) is 5.73 Å². The van der Waals surface area contributed by atoms with E-state index in [-0.39, 0.29) is 17.5 Å². The monoisotopic (exact) mass is 312 g/mol. The number of benzene rings is 2. The molecule has 0 aliphatic carbocycles. The van der Waals surface area contributed by atoms with Gasteiger partial charge in [-0.25, -0.2) is 4.39 Å². The lowest BCUT2D eigenvalue weighted by Gasteiger charge is -2.09. The van der Waals surface area contributed by atoms with Crippen molar-refractivity contribution >= 4 is 29.0 Å². The van der Waals surface area contributed by atoms with Crippen LogP contribution in [-0.4, -0.2) is 5.84 Å². The average Bonchev–Trinajstić information content (AvgIpc) is 2.40. The predicted molar refractivity (Wildman–Crippen MR) is 78.2 cm³/mol. The Labute approximate surface area is 125 Å². The van der Waals surface area contributed by atoms with Gasteiger partial charge in [0.25, 0.3) is 0 Å². The van der Waals surface area contributed by atoms with Gasteiger partial charge in [0.15, 0.2) is 0 Å². The summed E-state index contributed by atoms with van der Waals surface area (Å²) in [7, 11) is 0. The molecule has 0 aliphatic rings. The average molecular weight is 313 g/mol. The van der Waals surface area contributed by atoms with Crippen molar-refractivity contribution in [2.45, 2.75) is 6.61 Å². The molecule has 0 heterocycles. The van der Waals surface area contributed by atoms with Crippen LogP contribution in [0.4, 0.5) is 4.39 Å². The first-order valence-corrected chi connectivity index (χ1v) is 6.43. The summed E-state index contributed by atoms with van der Waals surface area (Å²) in [5, 5.41) is 7.72. The Balaban J connectivity index is 2.09. The van der Waals surface area contributed by atoms with Crippen molar-refractivity contribution in [3.8, 4) is 5.75 Å². The van der Waals surface area contributed by atoms with E-state index in [9.17, 15) is 4.39 Å². The minimum atomic E-state index is -0.468. The van der Waals surface area contributed by atoms with Crippen LogP contribution in [0.3, 0.4) is 0 Å². The van der Waals surface area contributed by atoms with E-state index in [1.165, 1.54) is 12.1 Å². The summed E-state index contributed by atoms with van der Waals surface area (Å²) >= 11 is 11.7. The van der Waals surface area contributed by atoms with Crippen LogP contribution in [-0.2, 0) is 6.61 Å². The van der Waals surface area contributed by atoms with Crippen molar-refractivity contribution in [3.63, 3.8) is 0 Å². The van der Waals surface area contributed by atoms with E-state index in [2.05, 4.69) is 0 Å². The number of halogens is 3. The molecule has 3 nitrogen and oxygen atoms in total. The molecule has 0 spiro atoms. The van der Waals surface area contributed by atoms with Gasteiger partial charge in [0.1, 0.15) is 24.0 Å². The molecule has 20 heavy (non-hydrogen) atoms. The molecule has 0 bridgehead atoms. The van der Waals surface area contributed by atoms with Crippen LogP contribution in [0.1, 0.15) is 11.1 Å². The minimum absolute atomic E-state index is 0.0519. The molecular formula is C14H11Cl2FN2O. The number of amidine groups is 1. The predicted octanol–water partition coefficient (Wildman–Crippen LogP) is 4.00. The van der Waals surface area contributed by atoms with Gasteiger partial charge < -0.3 is 10.5 Å².